The fourth-order valence-corrected chi connectivity index (χ4v) is 4.97. The molecule has 6 nitrogen and oxygen atoms in total. The first kappa shape index (κ1) is 22.3. The molecule has 2 aromatic carbocycles. The lowest BCUT2D eigenvalue weighted by molar-refractivity contribution is 0.588. The third-order valence-corrected chi connectivity index (χ3v) is 6.68. The van der Waals surface area contributed by atoms with Crippen LogP contribution in [-0.2, 0) is 16.6 Å². The van der Waals surface area contributed by atoms with Crippen molar-refractivity contribution >= 4 is 60.6 Å². The molecule has 0 fully saturated rings. The minimum atomic E-state index is -3.77. The van der Waals surface area contributed by atoms with E-state index >= 15 is 0 Å². The lowest BCUT2D eigenvalue weighted by atomic mass is 10.1. The van der Waals surface area contributed by atoms with Crippen molar-refractivity contribution in [3.8, 4) is 0 Å². The molecule has 0 spiro atoms. The van der Waals surface area contributed by atoms with Gasteiger partial charge >= 0.3 is 0 Å². The maximum atomic E-state index is 13.3. The summed E-state index contributed by atoms with van der Waals surface area (Å²) >= 11 is 3.46. The summed E-state index contributed by atoms with van der Waals surface area (Å²) < 4.78 is 28.8. The molecule has 0 bridgehead atoms. The van der Waals surface area contributed by atoms with E-state index in [1.54, 1.807) is 24.5 Å². The Hall–Kier alpha value is -2.39. The van der Waals surface area contributed by atoms with Gasteiger partial charge in [-0.3, -0.25) is 4.98 Å². The highest BCUT2D eigenvalue weighted by Gasteiger charge is 2.21. The number of halogens is 2. The molecule has 0 radical (unpaired) electrons. The number of benzene rings is 2. The number of rotatable bonds is 6. The lowest BCUT2D eigenvalue weighted by Gasteiger charge is -2.10. The van der Waals surface area contributed by atoms with E-state index in [-0.39, 0.29) is 17.3 Å². The van der Waals surface area contributed by atoms with Gasteiger partial charge in [-0.2, -0.15) is 0 Å². The Labute approximate surface area is 189 Å². The number of nitrogens with zero attached hydrogens (tertiary/aromatic N) is 2. The van der Waals surface area contributed by atoms with E-state index < -0.39 is 10.0 Å². The maximum absolute atomic E-state index is 13.3. The predicted molar refractivity (Wildman–Crippen MR) is 126 cm³/mol. The summed E-state index contributed by atoms with van der Waals surface area (Å²) in [5.41, 5.74) is 3.22. The molecule has 0 aliphatic rings. The Bertz CT molecular complexity index is 1280. The molecule has 9 heteroatoms. The second-order valence-electron chi connectivity index (χ2n) is 6.54. The van der Waals surface area contributed by atoms with Crippen molar-refractivity contribution < 1.29 is 8.42 Å². The van der Waals surface area contributed by atoms with Crippen molar-refractivity contribution in [2.24, 2.45) is 0 Å². The van der Waals surface area contributed by atoms with Crippen molar-refractivity contribution in [1.82, 2.24) is 14.3 Å². The molecular weight excluding hydrogens is 488 g/mol. The van der Waals surface area contributed by atoms with Crippen molar-refractivity contribution in [1.29, 1.82) is 0 Å². The van der Waals surface area contributed by atoms with Crippen LogP contribution in [0.4, 0.5) is 11.4 Å². The Kier molecular flexibility index (Phi) is 6.82. The number of fused-ring (bicyclic) bond motifs is 1. The summed E-state index contributed by atoms with van der Waals surface area (Å²) in [5, 5.41) is 7.31. The molecule has 0 unspecified atom stereocenters. The monoisotopic (exact) mass is 506 g/mol. The lowest BCUT2D eigenvalue weighted by Crippen LogP contribution is -2.12. The van der Waals surface area contributed by atoms with Gasteiger partial charge in [0.05, 0.1) is 5.52 Å². The molecule has 0 atom stereocenters. The second kappa shape index (κ2) is 9.18. The zero-order valence-electron chi connectivity index (χ0n) is 16.0. The molecule has 156 valence electrons. The van der Waals surface area contributed by atoms with Gasteiger partial charge in [0.2, 0.25) is 0 Å². The number of hydrogen-bond donors (Lipinski definition) is 2. The van der Waals surface area contributed by atoms with Crippen molar-refractivity contribution in [2.75, 3.05) is 12.4 Å². The predicted octanol–water partition coefficient (Wildman–Crippen LogP) is 4.92. The van der Waals surface area contributed by atoms with Crippen LogP contribution in [0.25, 0.3) is 10.9 Å². The van der Waals surface area contributed by atoms with Gasteiger partial charge in [-0.15, -0.1) is 12.4 Å². The molecular formula is C21H20BrClN4O2S. The van der Waals surface area contributed by atoms with Crippen LogP contribution in [0.1, 0.15) is 5.56 Å². The number of aromatic nitrogens is 2. The van der Waals surface area contributed by atoms with Crippen LogP contribution >= 0.6 is 28.3 Å². The van der Waals surface area contributed by atoms with Crippen LogP contribution in [0.5, 0.6) is 0 Å². The highest BCUT2D eigenvalue weighted by molar-refractivity contribution is 9.10. The first-order chi connectivity index (χ1) is 14.0. The van der Waals surface area contributed by atoms with E-state index in [4.69, 9.17) is 0 Å². The van der Waals surface area contributed by atoms with Crippen molar-refractivity contribution in [2.45, 2.75) is 11.4 Å². The molecule has 0 saturated heterocycles. The normalized spacial score (nSPS) is 11.3. The zero-order chi connectivity index (χ0) is 20.4. The molecule has 0 amide bonds. The van der Waals surface area contributed by atoms with E-state index in [0.29, 0.717) is 12.1 Å². The Morgan fingerprint density at radius 1 is 1.07 bits per heavy atom. The van der Waals surface area contributed by atoms with E-state index in [1.165, 1.54) is 10.2 Å². The van der Waals surface area contributed by atoms with E-state index in [0.717, 1.165) is 26.8 Å². The van der Waals surface area contributed by atoms with E-state index in [2.05, 4.69) is 31.5 Å². The van der Waals surface area contributed by atoms with Gasteiger partial charge in [-0.05, 0) is 55.1 Å². The first-order valence-corrected chi connectivity index (χ1v) is 11.2. The third-order valence-electron chi connectivity index (χ3n) is 4.53. The minimum absolute atomic E-state index is 0. The molecule has 4 rings (SSSR count). The molecule has 30 heavy (non-hydrogen) atoms. The molecule has 2 N–H and O–H groups in total. The van der Waals surface area contributed by atoms with Crippen LogP contribution in [0.3, 0.4) is 0 Å². The minimum Gasteiger partial charge on any atom is -0.355 e. The van der Waals surface area contributed by atoms with Gasteiger partial charge in [-0.1, -0.05) is 28.1 Å². The summed E-state index contributed by atoms with van der Waals surface area (Å²) in [7, 11) is -1.93. The van der Waals surface area contributed by atoms with Crippen LogP contribution < -0.4 is 10.6 Å². The molecule has 2 aromatic heterocycles. The summed E-state index contributed by atoms with van der Waals surface area (Å²) in [6.45, 7) is 0.560. The van der Waals surface area contributed by atoms with Crippen LogP contribution in [-0.4, -0.2) is 24.4 Å². The van der Waals surface area contributed by atoms with Crippen molar-refractivity contribution in [3.63, 3.8) is 0 Å². The largest absolute Gasteiger partial charge is 0.355 e. The Morgan fingerprint density at radius 3 is 2.57 bits per heavy atom. The fourth-order valence-electron chi connectivity index (χ4n) is 3.22. The Balaban J connectivity index is 0.00000256. The zero-order valence-corrected chi connectivity index (χ0v) is 19.3. The smallest absolute Gasteiger partial charge is 0.269 e. The van der Waals surface area contributed by atoms with Gasteiger partial charge in [-0.25, -0.2) is 12.4 Å². The summed E-state index contributed by atoms with van der Waals surface area (Å²) in [6.07, 6.45) is 4.59. The number of nitrogens with one attached hydrogen (secondary N) is 2. The highest BCUT2D eigenvalue weighted by atomic mass is 79.9. The molecule has 0 aliphatic carbocycles. The quantitative estimate of drug-likeness (QED) is 0.387. The van der Waals surface area contributed by atoms with E-state index in [9.17, 15) is 8.42 Å². The SMILES string of the molecule is CNCc1cn(S(=O)(=O)c2cccnc2)c2cc(Nc3cccc(Br)c3)ccc12.Cl. The summed E-state index contributed by atoms with van der Waals surface area (Å²) in [4.78, 5) is 4.11. The molecule has 0 aliphatic heterocycles. The first-order valence-electron chi connectivity index (χ1n) is 8.96. The summed E-state index contributed by atoms with van der Waals surface area (Å²) in [6, 6.07) is 16.7. The van der Waals surface area contributed by atoms with Crippen LogP contribution in [0.15, 0.2) is 82.6 Å². The second-order valence-corrected chi connectivity index (χ2v) is 9.27. The van der Waals surface area contributed by atoms with Gasteiger partial charge in [0, 0.05) is 46.4 Å². The summed E-state index contributed by atoms with van der Waals surface area (Å²) in [5.74, 6) is 0. The Morgan fingerprint density at radius 2 is 1.87 bits per heavy atom. The van der Waals surface area contributed by atoms with Gasteiger partial charge in [0.25, 0.3) is 10.0 Å². The van der Waals surface area contributed by atoms with Gasteiger partial charge < -0.3 is 10.6 Å². The fraction of sp³-hybridized carbons (Fsp3) is 0.0952. The molecule has 2 heterocycles. The molecule has 0 saturated carbocycles. The highest BCUT2D eigenvalue weighted by Crippen LogP contribution is 2.30. The van der Waals surface area contributed by atoms with Crippen molar-refractivity contribution in [3.05, 3.63) is 83.2 Å². The average molecular weight is 508 g/mol. The third kappa shape index (κ3) is 4.37. The number of pyridine rings is 1. The standard InChI is InChI=1S/C21H19BrN4O2S.ClH/c1-23-12-15-14-26(29(27,28)19-6-3-9-24-13-19)21-11-18(7-8-20(15)21)25-17-5-2-4-16(22)10-17;/h2-11,13-14,23,25H,12H2,1H3;1H. The van der Waals surface area contributed by atoms with Gasteiger partial charge in [0.1, 0.15) is 4.90 Å². The topological polar surface area (TPSA) is 76.0 Å². The molecule has 4 aromatic rings. The van der Waals surface area contributed by atoms with Crippen LogP contribution in [0, 0.1) is 0 Å². The number of anilines is 2. The maximum Gasteiger partial charge on any atom is 0.269 e. The van der Waals surface area contributed by atoms with Crippen LogP contribution in [0.2, 0.25) is 0 Å². The number of hydrogen-bond acceptors (Lipinski definition) is 5. The average Bonchev–Trinajstić information content (AvgIpc) is 3.08. The van der Waals surface area contributed by atoms with Gasteiger partial charge in [0.15, 0.2) is 0 Å². The van der Waals surface area contributed by atoms with E-state index in [1.807, 2.05) is 49.5 Å².